The second kappa shape index (κ2) is 7.15. The van der Waals surface area contributed by atoms with Crippen LogP contribution in [0.2, 0.25) is 0 Å². The maximum Gasteiger partial charge on any atom is 0.282 e. The number of terminal acetylenes is 1. The third-order valence-corrected chi connectivity index (χ3v) is 5.27. The molecule has 3 heterocycles. The summed E-state index contributed by atoms with van der Waals surface area (Å²) in [6.45, 7) is 2.51. The maximum absolute atomic E-state index is 12.2. The Morgan fingerprint density at radius 2 is 2.13 bits per heavy atom. The number of nitrogens with one attached hydrogen (secondary N) is 2. The molecule has 0 unspecified atom stereocenters. The molecular weight excluding hydrogens is 312 g/mol. The van der Waals surface area contributed by atoms with Gasteiger partial charge in [-0.2, -0.15) is 10.2 Å². The fraction of sp³-hybridized carbons (Fsp3) is 0.667. The lowest BCUT2D eigenvalue weighted by molar-refractivity contribution is 0.0951. The van der Waals surface area contributed by atoms with E-state index >= 15 is 0 Å². The summed E-state index contributed by atoms with van der Waals surface area (Å²) in [5, 5.41) is 23.9. The highest BCUT2D eigenvalue weighted by molar-refractivity contribution is 7.13. The molecule has 0 aromatic carbocycles. The van der Waals surface area contributed by atoms with Crippen molar-refractivity contribution in [2.24, 2.45) is 10.2 Å². The molecule has 2 N–H and O–H groups in total. The summed E-state index contributed by atoms with van der Waals surface area (Å²) in [4.78, 5) is 12.2. The van der Waals surface area contributed by atoms with E-state index in [-0.39, 0.29) is 11.6 Å². The molecule has 2 aliphatic heterocycles. The van der Waals surface area contributed by atoms with Crippen molar-refractivity contribution in [1.29, 1.82) is 0 Å². The highest BCUT2D eigenvalue weighted by Gasteiger charge is 2.38. The Balaban J connectivity index is 1.45. The first-order chi connectivity index (χ1) is 11.2. The van der Waals surface area contributed by atoms with Crippen LogP contribution < -0.4 is 10.6 Å². The molecule has 0 spiro atoms. The normalized spacial score (nSPS) is 19.3. The van der Waals surface area contributed by atoms with Gasteiger partial charge in [0.15, 0.2) is 5.66 Å². The Morgan fingerprint density at radius 3 is 2.83 bits per heavy atom. The Hall–Kier alpha value is -1.85. The van der Waals surface area contributed by atoms with Crippen LogP contribution in [0, 0.1) is 12.3 Å². The topological polar surface area (TPSA) is 91.6 Å². The van der Waals surface area contributed by atoms with E-state index in [0.29, 0.717) is 30.3 Å². The molecule has 0 bridgehead atoms. The van der Waals surface area contributed by atoms with E-state index in [2.05, 4.69) is 37.0 Å². The van der Waals surface area contributed by atoms with E-state index in [9.17, 15) is 4.79 Å². The highest BCUT2D eigenvalue weighted by atomic mass is 32.1. The zero-order valence-electron chi connectivity index (χ0n) is 12.9. The van der Waals surface area contributed by atoms with Gasteiger partial charge in [0.05, 0.1) is 0 Å². The first-order valence-electron chi connectivity index (χ1n) is 7.92. The predicted molar refractivity (Wildman–Crippen MR) is 87.4 cm³/mol. The molecule has 7 nitrogen and oxygen atoms in total. The van der Waals surface area contributed by atoms with Crippen molar-refractivity contribution in [1.82, 2.24) is 20.8 Å². The van der Waals surface area contributed by atoms with Gasteiger partial charge in [-0.05, 0) is 25.9 Å². The molecular formula is C15H20N6OS. The summed E-state index contributed by atoms with van der Waals surface area (Å²) in [6, 6.07) is 0. The summed E-state index contributed by atoms with van der Waals surface area (Å²) >= 11 is 1.40. The smallest absolute Gasteiger partial charge is 0.282 e. The molecule has 122 valence electrons. The number of nitrogens with zero attached hydrogens (tertiary/aromatic N) is 4. The minimum atomic E-state index is -0.360. The number of aromatic nitrogens is 2. The summed E-state index contributed by atoms with van der Waals surface area (Å²) < 4.78 is 0. The van der Waals surface area contributed by atoms with Gasteiger partial charge < -0.3 is 10.6 Å². The van der Waals surface area contributed by atoms with Crippen LogP contribution in [0.15, 0.2) is 10.2 Å². The lowest BCUT2D eigenvalue weighted by Crippen LogP contribution is -2.28. The zero-order chi connectivity index (χ0) is 16.1. The van der Waals surface area contributed by atoms with Gasteiger partial charge in [0.1, 0.15) is 5.01 Å². The number of hydrogen-bond acceptors (Lipinski definition) is 7. The van der Waals surface area contributed by atoms with Crippen LogP contribution in [-0.2, 0) is 0 Å². The van der Waals surface area contributed by atoms with Crippen molar-refractivity contribution >= 4 is 17.2 Å². The van der Waals surface area contributed by atoms with E-state index in [1.807, 2.05) is 0 Å². The molecule has 2 aliphatic rings. The lowest BCUT2D eigenvalue weighted by Gasteiger charge is -2.19. The Kier molecular flexibility index (Phi) is 4.98. The molecule has 1 amide bonds. The summed E-state index contributed by atoms with van der Waals surface area (Å²) in [6.07, 6.45) is 9.44. The Morgan fingerprint density at radius 1 is 1.35 bits per heavy atom. The fourth-order valence-electron chi connectivity index (χ4n) is 2.68. The SMILES string of the molecule is C#CCCC1(CCNC(=O)c2nnc(C3CCNCC3)s2)N=N1. The van der Waals surface area contributed by atoms with Gasteiger partial charge in [-0.3, -0.25) is 4.79 Å². The highest BCUT2D eigenvalue weighted by Crippen LogP contribution is 2.36. The van der Waals surface area contributed by atoms with Crippen LogP contribution in [0.1, 0.15) is 52.8 Å². The standard InChI is InChI=1S/C15H20N6OS/c1-2-3-6-15(20-21-15)7-10-17-12(22)14-19-18-13(23-14)11-4-8-16-9-5-11/h1,11,16H,3-10H2,(H,17,22). The molecule has 1 aromatic rings. The molecule has 0 radical (unpaired) electrons. The van der Waals surface area contributed by atoms with Gasteiger partial charge in [0, 0.05) is 31.7 Å². The second-order valence-corrected chi connectivity index (χ2v) is 6.87. The number of rotatable bonds is 7. The van der Waals surface area contributed by atoms with Crippen LogP contribution >= 0.6 is 11.3 Å². The minimum Gasteiger partial charge on any atom is -0.350 e. The quantitative estimate of drug-likeness (QED) is 0.744. The average molecular weight is 332 g/mol. The minimum absolute atomic E-state index is 0.171. The van der Waals surface area contributed by atoms with E-state index in [4.69, 9.17) is 6.42 Å². The van der Waals surface area contributed by atoms with Crippen molar-refractivity contribution in [3.05, 3.63) is 10.0 Å². The Bertz CT molecular complexity index is 622. The van der Waals surface area contributed by atoms with Crippen LogP contribution in [0.25, 0.3) is 0 Å². The largest absolute Gasteiger partial charge is 0.350 e. The zero-order valence-corrected chi connectivity index (χ0v) is 13.7. The van der Waals surface area contributed by atoms with Crippen molar-refractivity contribution in [2.75, 3.05) is 19.6 Å². The molecule has 23 heavy (non-hydrogen) atoms. The third kappa shape index (κ3) is 4.12. The van der Waals surface area contributed by atoms with Gasteiger partial charge in [0.2, 0.25) is 5.01 Å². The number of piperidine rings is 1. The molecule has 0 saturated carbocycles. The summed E-state index contributed by atoms with van der Waals surface area (Å²) in [7, 11) is 0. The number of amides is 1. The molecule has 0 atom stereocenters. The van der Waals surface area contributed by atoms with Crippen molar-refractivity contribution in [3.63, 3.8) is 0 Å². The van der Waals surface area contributed by atoms with Crippen molar-refractivity contribution < 1.29 is 4.79 Å². The van der Waals surface area contributed by atoms with E-state index in [1.165, 1.54) is 11.3 Å². The summed E-state index contributed by atoms with van der Waals surface area (Å²) in [5.74, 6) is 2.85. The summed E-state index contributed by atoms with van der Waals surface area (Å²) in [5.41, 5.74) is -0.360. The average Bonchev–Trinajstić information content (AvgIpc) is 3.17. The number of carbonyl (C=O) groups excluding carboxylic acids is 1. The van der Waals surface area contributed by atoms with Gasteiger partial charge in [-0.1, -0.05) is 11.3 Å². The van der Waals surface area contributed by atoms with Gasteiger partial charge >= 0.3 is 0 Å². The van der Waals surface area contributed by atoms with Gasteiger partial charge in [0.25, 0.3) is 5.91 Å². The fourth-order valence-corrected chi connectivity index (χ4v) is 3.61. The monoisotopic (exact) mass is 332 g/mol. The van der Waals surface area contributed by atoms with Gasteiger partial charge in [-0.15, -0.1) is 22.5 Å². The first-order valence-corrected chi connectivity index (χ1v) is 8.74. The van der Waals surface area contributed by atoms with E-state index < -0.39 is 0 Å². The van der Waals surface area contributed by atoms with Crippen LogP contribution in [0.3, 0.4) is 0 Å². The molecule has 1 fully saturated rings. The molecule has 1 aromatic heterocycles. The van der Waals surface area contributed by atoms with Crippen LogP contribution in [-0.4, -0.2) is 41.4 Å². The molecule has 3 rings (SSSR count). The molecule has 0 aliphatic carbocycles. The molecule has 1 saturated heterocycles. The predicted octanol–water partition coefficient (Wildman–Crippen LogP) is 1.70. The van der Waals surface area contributed by atoms with Crippen molar-refractivity contribution in [3.8, 4) is 12.3 Å². The van der Waals surface area contributed by atoms with Crippen LogP contribution in [0.4, 0.5) is 0 Å². The lowest BCUT2D eigenvalue weighted by atomic mass is 9.99. The molecule has 8 heteroatoms. The van der Waals surface area contributed by atoms with E-state index in [1.54, 1.807) is 0 Å². The Labute approximate surface area is 139 Å². The number of hydrogen-bond donors (Lipinski definition) is 2. The van der Waals surface area contributed by atoms with Crippen molar-refractivity contribution in [2.45, 2.75) is 43.7 Å². The maximum atomic E-state index is 12.2. The number of carbonyl (C=O) groups is 1. The first kappa shape index (κ1) is 16.0. The van der Waals surface area contributed by atoms with E-state index in [0.717, 1.165) is 37.4 Å². The van der Waals surface area contributed by atoms with Gasteiger partial charge in [-0.25, -0.2) is 0 Å². The second-order valence-electron chi connectivity index (χ2n) is 5.86. The van der Waals surface area contributed by atoms with Crippen LogP contribution in [0.5, 0.6) is 0 Å². The third-order valence-electron chi connectivity index (χ3n) is 4.19.